The fourth-order valence-electron chi connectivity index (χ4n) is 3.61. The van der Waals surface area contributed by atoms with Crippen molar-refractivity contribution in [1.82, 2.24) is 29.5 Å². The lowest BCUT2D eigenvalue weighted by Crippen LogP contribution is -2.47. The molecule has 8 nitrogen and oxygen atoms in total. The van der Waals surface area contributed by atoms with Crippen LogP contribution in [0.1, 0.15) is 30.3 Å². The Balaban J connectivity index is 1.37. The lowest BCUT2D eigenvalue weighted by Gasteiger charge is -2.36. The molecule has 0 unspecified atom stereocenters. The van der Waals surface area contributed by atoms with E-state index in [1.165, 1.54) is 12.8 Å². The molecule has 3 aromatic rings. The Morgan fingerprint density at radius 2 is 1.73 bits per heavy atom. The molecule has 2 aliphatic rings. The molecule has 26 heavy (non-hydrogen) atoms. The number of rotatable bonds is 3. The zero-order chi connectivity index (χ0) is 17.7. The van der Waals surface area contributed by atoms with Gasteiger partial charge in [-0.05, 0) is 19.8 Å². The lowest BCUT2D eigenvalue weighted by atomic mass is 10.2. The van der Waals surface area contributed by atoms with Gasteiger partial charge in [-0.15, -0.1) is 0 Å². The molecule has 0 spiro atoms. The van der Waals surface area contributed by atoms with E-state index in [2.05, 4.69) is 42.7 Å². The first-order chi connectivity index (χ1) is 12.7. The van der Waals surface area contributed by atoms with Gasteiger partial charge < -0.3 is 14.4 Å². The first kappa shape index (κ1) is 15.5. The standard InChI is InChI=1S/C18H22N8/c1-12-9-14(23-16(22-12)13-3-4-13)25-5-7-26(8-6-25)18-15-17(19-10-20-18)21-11-24(15)2/h9-11,13H,3-8H2,1-2H3. The van der Waals surface area contributed by atoms with E-state index in [9.17, 15) is 0 Å². The van der Waals surface area contributed by atoms with Gasteiger partial charge in [0.1, 0.15) is 23.5 Å². The van der Waals surface area contributed by atoms with E-state index < -0.39 is 0 Å². The van der Waals surface area contributed by atoms with Gasteiger partial charge in [0.25, 0.3) is 0 Å². The largest absolute Gasteiger partial charge is 0.353 e. The fourth-order valence-corrected chi connectivity index (χ4v) is 3.61. The number of nitrogens with zero attached hydrogens (tertiary/aromatic N) is 8. The molecule has 2 fully saturated rings. The van der Waals surface area contributed by atoms with Crippen LogP contribution in [-0.2, 0) is 7.05 Å². The second-order valence-corrected chi connectivity index (χ2v) is 7.20. The van der Waals surface area contributed by atoms with Crippen LogP contribution in [-0.4, -0.2) is 55.7 Å². The van der Waals surface area contributed by atoms with Crippen molar-refractivity contribution in [3.63, 3.8) is 0 Å². The monoisotopic (exact) mass is 350 g/mol. The predicted octanol–water partition coefficient (Wildman–Crippen LogP) is 1.67. The molecular formula is C18H22N8. The molecule has 0 N–H and O–H groups in total. The van der Waals surface area contributed by atoms with Crippen LogP contribution in [0.5, 0.6) is 0 Å². The molecule has 5 rings (SSSR count). The Kier molecular flexibility index (Phi) is 3.51. The number of anilines is 2. The molecule has 0 amide bonds. The maximum absolute atomic E-state index is 4.83. The van der Waals surface area contributed by atoms with E-state index in [-0.39, 0.29) is 0 Å². The summed E-state index contributed by atoms with van der Waals surface area (Å²) < 4.78 is 1.99. The molecule has 0 bridgehead atoms. The third-order valence-electron chi connectivity index (χ3n) is 5.19. The highest BCUT2D eigenvalue weighted by atomic mass is 15.3. The maximum atomic E-state index is 4.83. The number of fused-ring (bicyclic) bond motifs is 1. The summed E-state index contributed by atoms with van der Waals surface area (Å²) in [5.74, 6) is 3.63. The van der Waals surface area contributed by atoms with Gasteiger partial charge in [0, 0.05) is 50.9 Å². The van der Waals surface area contributed by atoms with Gasteiger partial charge in [-0.25, -0.2) is 24.9 Å². The van der Waals surface area contributed by atoms with Crippen molar-refractivity contribution in [2.75, 3.05) is 36.0 Å². The minimum Gasteiger partial charge on any atom is -0.353 e. The highest BCUT2D eigenvalue weighted by molar-refractivity contribution is 5.83. The smallest absolute Gasteiger partial charge is 0.182 e. The van der Waals surface area contributed by atoms with Crippen molar-refractivity contribution in [3.05, 3.63) is 30.2 Å². The minimum atomic E-state index is 0.578. The van der Waals surface area contributed by atoms with Gasteiger partial charge in [0.15, 0.2) is 11.5 Å². The maximum Gasteiger partial charge on any atom is 0.182 e. The number of aryl methyl sites for hydroxylation is 2. The summed E-state index contributed by atoms with van der Waals surface area (Å²) in [5, 5.41) is 0. The third-order valence-corrected chi connectivity index (χ3v) is 5.19. The third kappa shape index (κ3) is 2.65. The SMILES string of the molecule is Cc1cc(N2CCN(c3ncnc4ncn(C)c34)CC2)nc(C2CC2)n1. The number of aromatic nitrogens is 6. The van der Waals surface area contributed by atoms with E-state index >= 15 is 0 Å². The van der Waals surface area contributed by atoms with Crippen LogP contribution in [0, 0.1) is 6.92 Å². The molecule has 0 atom stereocenters. The van der Waals surface area contributed by atoms with Crippen LogP contribution in [0.15, 0.2) is 18.7 Å². The molecule has 1 saturated heterocycles. The predicted molar refractivity (Wildman–Crippen MR) is 99.5 cm³/mol. The van der Waals surface area contributed by atoms with Crippen molar-refractivity contribution in [3.8, 4) is 0 Å². The number of hydrogen-bond donors (Lipinski definition) is 0. The van der Waals surface area contributed by atoms with Gasteiger partial charge in [0.2, 0.25) is 0 Å². The zero-order valence-electron chi connectivity index (χ0n) is 15.1. The molecular weight excluding hydrogens is 328 g/mol. The molecule has 0 radical (unpaired) electrons. The van der Waals surface area contributed by atoms with E-state index in [4.69, 9.17) is 4.98 Å². The van der Waals surface area contributed by atoms with Crippen molar-refractivity contribution in [2.24, 2.45) is 7.05 Å². The second-order valence-electron chi connectivity index (χ2n) is 7.20. The number of hydrogen-bond acceptors (Lipinski definition) is 7. The molecule has 3 aromatic heterocycles. The van der Waals surface area contributed by atoms with Crippen LogP contribution in [0.3, 0.4) is 0 Å². The van der Waals surface area contributed by atoms with Gasteiger partial charge in [0.05, 0.1) is 6.33 Å². The average Bonchev–Trinajstić information content (AvgIpc) is 3.45. The first-order valence-electron chi connectivity index (χ1n) is 9.16. The Morgan fingerprint density at radius 1 is 0.962 bits per heavy atom. The van der Waals surface area contributed by atoms with E-state index in [1.807, 2.05) is 11.6 Å². The highest BCUT2D eigenvalue weighted by Gasteiger charge is 2.28. The van der Waals surface area contributed by atoms with Crippen molar-refractivity contribution < 1.29 is 0 Å². The van der Waals surface area contributed by atoms with E-state index in [1.54, 1.807) is 12.7 Å². The second kappa shape index (κ2) is 5.89. The summed E-state index contributed by atoms with van der Waals surface area (Å²) >= 11 is 0. The van der Waals surface area contributed by atoms with E-state index in [0.717, 1.165) is 60.5 Å². The average molecular weight is 350 g/mol. The molecule has 8 heteroatoms. The summed E-state index contributed by atoms with van der Waals surface area (Å²) in [4.78, 5) is 27.3. The Morgan fingerprint density at radius 3 is 2.50 bits per heavy atom. The fraction of sp³-hybridized carbons (Fsp3) is 0.500. The Labute approximate surface area is 151 Å². The van der Waals surface area contributed by atoms with Crippen LogP contribution in [0.25, 0.3) is 11.2 Å². The quantitative estimate of drug-likeness (QED) is 0.711. The topological polar surface area (TPSA) is 75.9 Å². The van der Waals surface area contributed by atoms with Crippen LogP contribution < -0.4 is 9.80 Å². The molecule has 1 aliphatic carbocycles. The van der Waals surface area contributed by atoms with Gasteiger partial charge in [-0.1, -0.05) is 0 Å². The Hall–Kier alpha value is -2.77. The van der Waals surface area contributed by atoms with Gasteiger partial charge in [-0.2, -0.15) is 0 Å². The lowest BCUT2D eigenvalue weighted by molar-refractivity contribution is 0.638. The van der Waals surface area contributed by atoms with Crippen molar-refractivity contribution in [1.29, 1.82) is 0 Å². The summed E-state index contributed by atoms with van der Waals surface area (Å²) in [6.45, 7) is 5.71. The van der Waals surface area contributed by atoms with Crippen LogP contribution in [0.4, 0.5) is 11.6 Å². The van der Waals surface area contributed by atoms with Crippen molar-refractivity contribution >= 4 is 22.8 Å². The van der Waals surface area contributed by atoms with Crippen molar-refractivity contribution in [2.45, 2.75) is 25.7 Å². The van der Waals surface area contributed by atoms with Gasteiger partial charge in [-0.3, -0.25) is 0 Å². The molecule has 0 aromatic carbocycles. The summed E-state index contributed by atoms with van der Waals surface area (Å²) in [6, 6.07) is 2.10. The molecule has 1 aliphatic heterocycles. The summed E-state index contributed by atoms with van der Waals surface area (Å²) in [5.41, 5.74) is 2.81. The molecule has 134 valence electrons. The van der Waals surface area contributed by atoms with Crippen LogP contribution >= 0.6 is 0 Å². The normalized spacial score (nSPS) is 17.9. The first-order valence-corrected chi connectivity index (χ1v) is 9.16. The van der Waals surface area contributed by atoms with Gasteiger partial charge >= 0.3 is 0 Å². The minimum absolute atomic E-state index is 0.578. The highest BCUT2D eigenvalue weighted by Crippen LogP contribution is 2.38. The van der Waals surface area contributed by atoms with Crippen LogP contribution in [0.2, 0.25) is 0 Å². The van der Waals surface area contributed by atoms with E-state index in [0.29, 0.717) is 5.92 Å². The zero-order valence-corrected chi connectivity index (χ0v) is 15.1. The number of imidazole rings is 1. The number of piperazine rings is 1. The summed E-state index contributed by atoms with van der Waals surface area (Å²) in [7, 11) is 1.99. The Bertz CT molecular complexity index is 953. The molecule has 4 heterocycles. The summed E-state index contributed by atoms with van der Waals surface area (Å²) in [6.07, 6.45) is 5.85. The molecule has 1 saturated carbocycles.